The lowest BCUT2D eigenvalue weighted by atomic mass is 10.1. The number of hydrogen-bond acceptors (Lipinski definition) is 5. The standard InChI is InChI=1S/C18H22N4O4/c19-18(24)13-2-4-14(5-3-13)26-16-11-25-8-7-15(16)22-17(23)6-1-12-9-20-21-10-12/h2-5,9-10,15-16H,1,6-8,11H2,(H2,19,24)(H,20,21)(H,22,23)/t15-,16-/m1/s1. The van der Waals surface area contributed by atoms with Crippen LogP contribution in [0, 0.1) is 0 Å². The fourth-order valence-corrected chi connectivity index (χ4v) is 2.82. The molecule has 0 spiro atoms. The highest BCUT2D eigenvalue weighted by Crippen LogP contribution is 2.19. The number of H-pyrrole nitrogens is 1. The number of ether oxygens (including phenoxy) is 2. The van der Waals surface area contributed by atoms with Crippen molar-refractivity contribution in [3.63, 3.8) is 0 Å². The second-order valence-corrected chi connectivity index (χ2v) is 6.19. The van der Waals surface area contributed by atoms with E-state index in [1.807, 2.05) is 0 Å². The maximum Gasteiger partial charge on any atom is 0.248 e. The Morgan fingerprint density at radius 2 is 2.15 bits per heavy atom. The third-order valence-electron chi connectivity index (χ3n) is 4.27. The lowest BCUT2D eigenvalue weighted by Gasteiger charge is -2.32. The highest BCUT2D eigenvalue weighted by molar-refractivity contribution is 5.92. The Morgan fingerprint density at radius 1 is 1.35 bits per heavy atom. The summed E-state index contributed by atoms with van der Waals surface area (Å²) in [4.78, 5) is 23.4. The normalized spacial score (nSPS) is 19.7. The monoisotopic (exact) mass is 358 g/mol. The zero-order chi connectivity index (χ0) is 18.4. The van der Waals surface area contributed by atoms with Gasteiger partial charge in [-0.1, -0.05) is 0 Å². The molecular formula is C18H22N4O4. The van der Waals surface area contributed by atoms with Crippen LogP contribution >= 0.6 is 0 Å². The van der Waals surface area contributed by atoms with Crippen molar-refractivity contribution in [2.45, 2.75) is 31.4 Å². The van der Waals surface area contributed by atoms with Crippen molar-refractivity contribution in [2.75, 3.05) is 13.2 Å². The van der Waals surface area contributed by atoms with E-state index in [0.717, 1.165) is 5.56 Å². The van der Waals surface area contributed by atoms with E-state index >= 15 is 0 Å². The van der Waals surface area contributed by atoms with E-state index in [4.69, 9.17) is 15.2 Å². The Labute approximate surface area is 151 Å². The SMILES string of the molecule is NC(=O)c1ccc(O[C@@H]2COCC[C@H]2NC(=O)CCc2cn[nH]c2)cc1. The molecule has 2 heterocycles. The number of rotatable bonds is 7. The fourth-order valence-electron chi connectivity index (χ4n) is 2.82. The number of aromatic nitrogens is 2. The number of carbonyl (C=O) groups is 2. The second kappa shape index (κ2) is 8.48. The predicted octanol–water partition coefficient (Wildman–Crippen LogP) is 0.794. The van der Waals surface area contributed by atoms with Crippen LogP contribution in [-0.2, 0) is 16.0 Å². The van der Waals surface area contributed by atoms with Gasteiger partial charge in [-0.3, -0.25) is 14.7 Å². The lowest BCUT2D eigenvalue weighted by molar-refractivity contribution is -0.123. The molecule has 0 radical (unpaired) electrons. The average molecular weight is 358 g/mol. The first-order valence-electron chi connectivity index (χ1n) is 8.53. The predicted molar refractivity (Wildman–Crippen MR) is 93.7 cm³/mol. The van der Waals surface area contributed by atoms with E-state index < -0.39 is 5.91 Å². The molecule has 1 aromatic carbocycles. The Bertz CT molecular complexity index is 730. The molecule has 1 fully saturated rings. The van der Waals surface area contributed by atoms with Crippen molar-refractivity contribution in [1.82, 2.24) is 15.5 Å². The van der Waals surface area contributed by atoms with Crippen molar-refractivity contribution >= 4 is 11.8 Å². The smallest absolute Gasteiger partial charge is 0.248 e. The first-order chi connectivity index (χ1) is 12.6. The number of aromatic amines is 1. The van der Waals surface area contributed by atoms with Crippen LogP contribution in [0.2, 0.25) is 0 Å². The van der Waals surface area contributed by atoms with Crippen LogP contribution in [0.5, 0.6) is 5.75 Å². The lowest BCUT2D eigenvalue weighted by Crippen LogP contribution is -2.51. The van der Waals surface area contributed by atoms with E-state index in [1.54, 1.807) is 36.7 Å². The molecule has 3 rings (SSSR count). The van der Waals surface area contributed by atoms with E-state index in [-0.39, 0.29) is 18.1 Å². The number of benzene rings is 1. The average Bonchev–Trinajstić information content (AvgIpc) is 3.16. The third kappa shape index (κ3) is 4.82. The van der Waals surface area contributed by atoms with Gasteiger partial charge in [-0.05, 0) is 42.7 Å². The van der Waals surface area contributed by atoms with Gasteiger partial charge in [0.25, 0.3) is 0 Å². The molecule has 8 nitrogen and oxygen atoms in total. The van der Waals surface area contributed by atoms with Crippen LogP contribution in [0.4, 0.5) is 0 Å². The molecule has 138 valence electrons. The maximum atomic E-state index is 12.2. The highest BCUT2D eigenvalue weighted by atomic mass is 16.5. The van der Waals surface area contributed by atoms with Crippen LogP contribution in [0.15, 0.2) is 36.7 Å². The van der Waals surface area contributed by atoms with E-state index in [2.05, 4.69) is 15.5 Å². The topological polar surface area (TPSA) is 119 Å². The zero-order valence-corrected chi connectivity index (χ0v) is 14.3. The minimum absolute atomic E-state index is 0.0317. The van der Waals surface area contributed by atoms with E-state index in [9.17, 15) is 9.59 Å². The molecule has 2 amide bonds. The van der Waals surface area contributed by atoms with Crippen molar-refractivity contribution in [1.29, 1.82) is 0 Å². The van der Waals surface area contributed by atoms with Gasteiger partial charge in [-0.15, -0.1) is 0 Å². The Balaban J connectivity index is 1.55. The Morgan fingerprint density at radius 3 is 2.85 bits per heavy atom. The van der Waals surface area contributed by atoms with Gasteiger partial charge in [0.2, 0.25) is 11.8 Å². The highest BCUT2D eigenvalue weighted by Gasteiger charge is 2.29. The number of carbonyl (C=O) groups excluding carboxylic acids is 2. The van der Waals surface area contributed by atoms with Gasteiger partial charge in [0.1, 0.15) is 11.9 Å². The molecule has 8 heteroatoms. The molecular weight excluding hydrogens is 336 g/mol. The molecule has 4 N–H and O–H groups in total. The van der Waals surface area contributed by atoms with Crippen molar-refractivity contribution in [3.05, 3.63) is 47.8 Å². The number of nitrogens with one attached hydrogen (secondary N) is 2. The molecule has 2 atom stereocenters. The van der Waals surface area contributed by atoms with Crippen molar-refractivity contribution in [2.24, 2.45) is 5.73 Å². The Hall–Kier alpha value is -2.87. The van der Waals surface area contributed by atoms with Gasteiger partial charge < -0.3 is 20.5 Å². The van der Waals surface area contributed by atoms with Crippen LogP contribution in [0.25, 0.3) is 0 Å². The second-order valence-electron chi connectivity index (χ2n) is 6.19. The van der Waals surface area contributed by atoms with Gasteiger partial charge >= 0.3 is 0 Å². The minimum Gasteiger partial charge on any atom is -0.486 e. The molecule has 0 saturated carbocycles. The van der Waals surface area contributed by atoms with Crippen LogP contribution in [-0.4, -0.2) is 47.4 Å². The van der Waals surface area contributed by atoms with Gasteiger partial charge in [-0.25, -0.2) is 0 Å². The van der Waals surface area contributed by atoms with E-state index in [1.165, 1.54) is 0 Å². The summed E-state index contributed by atoms with van der Waals surface area (Å²) in [6.07, 6.45) is 4.90. The summed E-state index contributed by atoms with van der Waals surface area (Å²) >= 11 is 0. The van der Waals surface area contributed by atoms with Crippen LogP contribution in [0.1, 0.15) is 28.8 Å². The summed E-state index contributed by atoms with van der Waals surface area (Å²) in [5.74, 6) is 0.0826. The fraction of sp³-hybridized carbons (Fsp3) is 0.389. The van der Waals surface area contributed by atoms with Gasteiger partial charge in [0.05, 0.1) is 18.8 Å². The molecule has 1 aliphatic rings. The Kier molecular flexibility index (Phi) is 5.85. The molecule has 26 heavy (non-hydrogen) atoms. The molecule has 1 saturated heterocycles. The maximum absolute atomic E-state index is 12.2. The van der Waals surface area contributed by atoms with Gasteiger partial charge in [0.15, 0.2) is 0 Å². The molecule has 0 bridgehead atoms. The molecule has 0 aliphatic carbocycles. The summed E-state index contributed by atoms with van der Waals surface area (Å²) in [5.41, 5.74) is 6.65. The largest absolute Gasteiger partial charge is 0.486 e. The number of nitrogens with zero attached hydrogens (tertiary/aromatic N) is 1. The van der Waals surface area contributed by atoms with Gasteiger partial charge in [0, 0.05) is 24.8 Å². The van der Waals surface area contributed by atoms with Crippen molar-refractivity contribution < 1.29 is 19.1 Å². The number of aryl methyl sites for hydroxylation is 1. The van der Waals surface area contributed by atoms with Crippen LogP contribution in [0.3, 0.4) is 0 Å². The number of nitrogens with two attached hydrogens (primary N) is 1. The third-order valence-corrected chi connectivity index (χ3v) is 4.27. The summed E-state index contributed by atoms with van der Waals surface area (Å²) in [6.45, 7) is 0.970. The number of hydrogen-bond donors (Lipinski definition) is 3. The summed E-state index contributed by atoms with van der Waals surface area (Å²) < 4.78 is 11.4. The number of primary amides is 1. The van der Waals surface area contributed by atoms with Crippen molar-refractivity contribution in [3.8, 4) is 5.75 Å². The number of amides is 2. The first kappa shape index (κ1) is 17.9. The quantitative estimate of drug-likeness (QED) is 0.676. The summed E-state index contributed by atoms with van der Waals surface area (Å²) in [5, 5.41) is 9.64. The minimum atomic E-state index is -0.486. The summed E-state index contributed by atoms with van der Waals surface area (Å²) in [7, 11) is 0. The van der Waals surface area contributed by atoms with E-state index in [0.29, 0.717) is 43.8 Å². The molecule has 0 unspecified atom stereocenters. The zero-order valence-electron chi connectivity index (χ0n) is 14.3. The summed E-state index contributed by atoms with van der Waals surface area (Å²) in [6, 6.07) is 6.47. The van der Waals surface area contributed by atoms with Gasteiger partial charge in [-0.2, -0.15) is 5.10 Å². The molecule has 1 aliphatic heterocycles. The first-order valence-corrected chi connectivity index (χ1v) is 8.53. The van der Waals surface area contributed by atoms with Crippen LogP contribution < -0.4 is 15.8 Å². The molecule has 2 aromatic rings. The molecule has 1 aromatic heterocycles.